The van der Waals surface area contributed by atoms with Crippen LogP contribution in [0.5, 0.6) is 0 Å². The Morgan fingerprint density at radius 3 is 1.56 bits per heavy atom. The Bertz CT molecular complexity index is 492. The summed E-state index contributed by atoms with van der Waals surface area (Å²) in [7, 11) is 0. The van der Waals surface area contributed by atoms with Crippen molar-refractivity contribution in [1.29, 1.82) is 0 Å². The van der Waals surface area contributed by atoms with E-state index in [2.05, 4.69) is 0 Å². The highest BCUT2D eigenvalue weighted by molar-refractivity contribution is 5.35. The van der Waals surface area contributed by atoms with Crippen LogP contribution in [0.1, 0.15) is 24.0 Å². The third kappa shape index (κ3) is 2.41. The Kier molecular flexibility index (Phi) is 3.72. The number of rotatable bonds is 3. The summed E-state index contributed by atoms with van der Waals surface area (Å²) in [5, 5.41) is 9.83. The van der Waals surface area contributed by atoms with Crippen LogP contribution in [0.3, 0.4) is 0 Å². The van der Waals surface area contributed by atoms with Crippen LogP contribution in [0.2, 0.25) is 0 Å². The van der Waals surface area contributed by atoms with Crippen LogP contribution in [0.4, 0.5) is 8.78 Å². The van der Waals surface area contributed by atoms with E-state index in [0.717, 1.165) is 0 Å². The smallest absolute Gasteiger partial charge is 0.127 e. The predicted octanol–water partition coefficient (Wildman–Crippen LogP) is 3.48. The van der Waals surface area contributed by atoms with Crippen molar-refractivity contribution in [2.75, 3.05) is 0 Å². The van der Waals surface area contributed by atoms with Gasteiger partial charge in [-0.1, -0.05) is 36.4 Å². The summed E-state index contributed by atoms with van der Waals surface area (Å²) in [6, 6.07) is 12.2. The molecule has 1 nitrogen and oxygen atoms in total. The van der Waals surface area contributed by atoms with Gasteiger partial charge in [-0.3, -0.25) is 0 Å². The topological polar surface area (TPSA) is 20.2 Å². The van der Waals surface area contributed by atoms with Crippen molar-refractivity contribution in [1.82, 2.24) is 0 Å². The summed E-state index contributed by atoms with van der Waals surface area (Å²) >= 11 is 0. The summed E-state index contributed by atoms with van der Waals surface area (Å²) in [5.41, 5.74) is 0.607. The first-order chi connectivity index (χ1) is 8.61. The molecular weight excluding hydrogens is 234 g/mol. The Balaban J connectivity index is 2.55. The van der Waals surface area contributed by atoms with Crippen molar-refractivity contribution >= 4 is 0 Å². The summed E-state index contributed by atoms with van der Waals surface area (Å²) in [5.74, 6) is -1.58. The normalized spacial score (nSPS) is 12.7. The van der Waals surface area contributed by atoms with Crippen molar-refractivity contribution in [2.24, 2.45) is 0 Å². The van der Waals surface area contributed by atoms with Crippen molar-refractivity contribution in [3.05, 3.63) is 71.3 Å². The lowest BCUT2D eigenvalue weighted by Crippen LogP contribution is -2.18. The molecule has 2 rings (SSSR count). The van der Waals surface area contributed by atoms with Crippen LogP contribution in [0, 0.1) is 11.6 Å². The average molecular weight is 248 g/mol. The third-order valence-corrected chi connectivity index (χ3v) is 2.96. The maximum atomic E-state index is 13.8. The predicted molar refractivity (Wildman–Crippen MR) is 66.3 cm³/mol. The molecule has 1 N–H and O–H groups in total. The second-order valence-corrected chi connectivity index (χ2v) is 4.26. The highest BCUT2D eigenvalue weighted by Gasteiger charge is 2.24. The van der Waals surface area contributed by atoms with E-state index in [1.54, 1.807) is 36.4 Å². The first-order valence-electron chi connectivity index (χ1n) is 5.78. The molecule has 0 spiro atoms. The van der Waals surface area contributed by atoms with Gasteiger partial charge in [0, 0.05) is 5.92 Å². The minimum absolute atomic E-state index is 0.303. The first kappa shape index (κ1) is 12.7. The maximum absolute atomic E-state index is 13.8. The number of hydrogen-bond acceptors (Lipinski definition) is 1. The minimum atomic E-state index is -0.876. The van der Waals surface area contributed by atoms with Crippen molar-refractivity contribution in [2.45, 2.75) is 18.9 Å². The van der Waals surface area contributed by atoms with Gasteiger partial charge in [0.1, 0.15) is 11.6 Å². The lowest BCUT2D eigenvalue weighted by atomic mass is 9.86. The molecule has 0 unspecified atom stereocenters. The molecule has 0 amide bonds. The van der Waals surface area contributed by atoms with Gasteiger partial charge in [-0.25, -0.2) is 8.78 Å². The molecule has 0 heterocycles. The van der Waals surface area contributed by atoms with Crippen LogP contribution >= 0.6 is 0 Å². The molecule has 2 aromatic carbocycles. The monoisotopic (exact) mass is 248 g/mol. The fourth-order valence-corrected chi connectivity index (χ4v) is 2.14. The second-order valence-electron chi connectivity index (χ2n) is 4.26. The van der Waals surface area contributed by atoms with Crippen LogP contribution in [0.25, 0.3) is 0 Å². The maximum Gasteiger partial charge on any atom is 0.127 e. The standard InChI is InChI=1S/C15H14F2O/c1-10(18)15(11-6-2-4-8-13(11)16)12-7-3-5-9-14(12)17/h2-10,15,18H,1H3/t10-/m0/s1. The molecule has 94 valence electrons. The van der Waals surface area contributed by atoms with Crippen LogP contribution < -0.4 is 0 Å². The molecule has 2 aromatic rings. The van der Waals surface area contributed by atoms with E-state index in [0.29, 0.717) is 11.1 Å². The zero-order chi connectivity index (χ0) is 13.1. The van der Waals surface area contributed by atoms with E-state index in [1.807, 2.05) is 0 Å². The number of halogens is 2. The number of hydrogen-bond donors (Lipinski definition) is 1. The van der Waals surface area contributed by atoms with Crippen LogP contribution in [-0.2, 0) is 0 Å². The molecule has 0 bridgehead atoms. The van der Waals surface area contributed by atoms with Crippen molar-refractivity contribution < 1.29 is 13.9 Å². The summed E-state index contributed by atoms with van der Waals surface area (Å²) < 4.78 is 27.6. The Labute approximate surface area is 105 Å². The molecule has 18 heavy (non-hydrogen) atoms. The first-order valence-corrected chi connectivity index (χ1v) is 5.78. The number of aliphatic hydroxyl groups excluding tert-OH is 1. The SMILES string of the molecule is C[C@H](O)C(c1ccccc1F)c1ccccc1F. The lowest BCUT2D eigenvalue weighted by Gasteiger charge is -2.22. The van der Waals surface area contributed by atoms with E-state index in [-0.39, 0.29) is 0 Å². The third-order valence-electron chi connectivity index (χ3n) is 2.96. The minimum Gasteiger partial charge on any atom is -0.392 e. The molecule has 0 saturated heterocycles. The molecular formula is C15H14F2O. The second kappa shape index (κ2) is 5.27. The largest absolute Gasteiger partial charge is 0.392 e. The molecule has 0 saturated carbocycles. The van der Waals surface area contributed by atoms with Gasteiger partial charge in [0.25, 0.3) is 0 Å². The molecule has 0 aliphatic carbocycles. The van der Waals surface area contributed by atoms with E-state index >= 15 is 0 Å². The Hall–Kier alpha value is -1.74. The Morgan fingerprint density at radius 2 is 1.22 bits per heavy atom. The fourth-order valence-electron chi connectivity index (χ4n) is 2.14. The van der Waals surface area contributed by atoms with Crippen molar-refractivity contribution in [3.8, 4) is 0 Å². The zero-order valence-corrected chi connectivity index (χ0v) is 9.98. The van der Waals surface area contributed by atoms with Gasteiger partial charge in [-0.2, -0.15) is 0 Å². The average Bonchev–Trinajstić information content (AvgIpc) is 2.34. The van der Waals surface area contributed by atoms with Gasteiger partial charge >= 0.3 is 0 Å². The van der Waals surface area contributed by atoms with E-state index in [4.69, 9.17) is 0 Å². The van der Waals surface area contributed by atoms with Gasteiger partial charge in [0.2, 0.25) is 0 Å². The molecule has 0 aliphatic rings. The summed E-state index contributed by atoms with van der Waals surface area (Å²) in [6.07, 6.45) is -0.876. The highest BCUT2D eigenvalue weighted by atomic mass is 19.1. The fraction of sp³-hybridized carbons (Fsp3) is 0.200. The van der Waals surface area contributed by atoms with Crippen LogP contribution in [0.15, 0.2) is 48.5 Å². The van der Waals surface area contributed by atoms with Gasteiger partial charge in [0.05, 0.1) is 6.10 Å². The zero-order valence-electron chi connectivity index (χ0n) is 9.98. The quantitative estimate of drug-likeness (QED) is 0.881. The van der Waals surface area contributed by atoms with Gasteiger partial charge < -0.3 is 5.11 Å². The van der Waals surface area contributed by atoms with E-state index in [1.165, 1.54) is 19.1 Å². The van der Waals surface area contributed by atoms with Crippen molar-refractivity contribution in [3.63, 3.8) is 0 Å². The highest BCUT2D eigenvalue weighted by Crippen LogP contribution is 2.31. The molecule has 0 aliphatic heterocycles. The number of benzene rings is 2. The molecule has 0 aromatic heterocycles. The molecule has 0 radical (unpaired) electrons. The number of aliphatic hydroxyl groups is 1. The summed E-state index contributed by atoms with van der Waals surface area (Å²) in [6.45, 7) is 1.53. The van der Waals surface area contributed by atoms with E-state index < -0.39 is 23.7 Å². The Morgan fingerprint density at radius 1 is 0.833 bits per heavy atom. The van der Waals surface area contributed by atoms with E-state index in [9.17, 15) is 13.9 Å². The molecule has 3 heteroatoms. The van der Waals surface area contributed by atoms with Gasteiger partial charge in [0.15, 0.2) is 0 Å². The lowest BCUT2D eigenvalue weighted by molar-refractivity contribution is 0.173. The molecule has 0 fully saturated rings. The molecule has 1 atom stereocenters. The van der Waals surface area contributed by atoms with Crippen LogP contribution in [-0.4, -0.2) is 11.2 Å². The summed E-state index contributed by atoms with van der Waals surface area (Å²) in [4.78, 5) is 0. The van der Waals surface area contributed by atoms with Gasteiger partial charge in [-0.05, 0) is 30.2 Å². The van der Waals surface area contributed by atoms with Gasteiger partial charge in [-0.15, -0.1) is 0 Å².